The molecule has 0 aromatic carbocycles. The molecule has 1 unspecified atom stereocenters. The third-order valence-corrected chi connectivity index (χ3v) is 4.78. The monoisotopic (exact) mass is 225 g/mol. The Balaban J connectivity index is 1.99. The van der Waals surface area contributed by atoms with E-state index < -0.39 is 0 Å². The summed E-state index contributed by atoms with van der Waals surface area (Å²) in [6, 6.07) is 0.567. The van der Waals surface area contributed by atoms with Crippen LogP contribution in [0.1, 0.15) is 51.9 Å². The van der Waals surface area contributed by atoms with Gasteiger partial charge in [0.2, 0.25) is 0 Å². The maximum absolute atomic E-state index is 5.95. The molecule has 0 radical (unpaired) electrons. The molecule has 2 nitrogen and oxygen atoms in total. The largest absolute Gasteiger partial charge is 0.377 e. The Kier molecular flexibility index (Phi) is 3.91. The van der Waals surface area contributed by atoms with Gasteiger partial charge in [0.15, 0.2) is 0 Å². The van der Waals surface area contributed by atoms with Crippen molar-refractivity contribution in [1.29, 1.82) is 0 Å². The SMILES string of the molecule is CNC(CC1CC1)C1(OC)CCC(C)CC1. The quantitative estimate of drug-likeness (QED) is 0.776. The number of hydrogen-bond acceptors (Lipinski definition) is 2. The second kappa shape index (κ2) is 5.05. The first kappa shape index (κ1) is 12.4. The van der Waals surface area contributed by atoms with Gasteiger partial charge in [0, 0.05) is 13.2 Å². The van der Waals surface area contributed by atoms with E-state index in [1.165, 1.54) is 44.9 Å². The molecule has 0 amide bonds. The molecule has 0 spiro atoms. The lowest BCUT2D eigenvalue weighted by Crippen LogP contribution is -2.53. The van der Waals surface area contributed by atoms with Gasteiger partial charge in [0.25, 0.3) is 0 Å². The Hall–Kier alpha value is -0.0800. The Bertz CT molecular complexity index is 217. The Morgan fingerprint density at radius 2 is 1.88 bits per heavy atom. The van der Waals surface area contributed by atoms with Crippen LogP contribution in [-0.4, -0.2) is 25.8 Å². The van der Waals surface area contributed by atoms with Gasteiger partial charge in [0.05, 0.1) is 5.60 Å². The number of rotatable bonds is 5. The molecule has 0 aromatic rings. The van der Waals surface area contributed by atoms with Crippen molar-refractivity contribution in [3.8, 4) is 0 Å². The minimum atomic E-state index is 0.129. The van der Waals surface area contributed by atoms with Crippen LogP contribution in [0.15, 0.2) is 0 Å². The second-order valence-corrected chi connectivity index (χ2v) is 5.97. The third-order valence-electron chi connectivity index (χ3n) is 4.78. The lowest BCUT2D eigenvalue weighted by molar-refractivity contribution is -0.0760. The molecular weight excluding hydrogens is 198 g/mol. The van der Waals surface area contributed by atoms with E-state index in [-0.39, 0.29) is 5.60 Å². The number of methoxy groups -OCH3 is 1. The first-order valence-electron chi connectivity index (χ1n) is 6.92. The Morgan fingerprint density at radius 3 is 2.31 bits per heavy atom. The van der Waals surface area contributed by atoms with Crippen molar-refractivity contribution in [2.24, 2.45) is 11.8 Å². The molecule has 0 bridgehead atoms. The van der Waals surface area contributed by atoms with Crippen molar-refractivity contribution in [3.05, 3.63) is 0 Å². The second-order valence-electron chi connectivity index (χ2n) is 5.97. The maximum Gasteiger partial charge on any atom is 0.0831 e. The van der Waals surface area contributed by atoms with Crippen LogP contribution in [0.5, 0.6) is 0 Å². The highest BCUT2D eigenvalue weighted by Gasteiger charge is 2.42. The van der Waals surface area contributed by atoms with Crippen molar-refractivity contribution >= 4 is 0 Å². The summed E-state index contributed by atoms with van der Waals surface area (Å²) in [6.45, 7) is 2.37. The summed E-state index contributed by atoms with van der Waals surface area (Å²) in [5.74, 6) is 1.87. The fraction of sp³-hybridized carbons (Fsp3) is 1.00. The summed E-state index contributed by atoms with van der Waals surface area (Å²) < 4.78 is 5.95. The maximum atomic E-state index is 5.95. The minimum absolute atomic E-state index is 0.129. The van der Waals surface area contributed by atoms with E-state index in [4.69, 9.17) is 4.74 Å². The van der Waals surface area contributed by atoms with E-state index in [0.717, 1.165) is 11.8 Å². The smallest absolute Gasteiger partial charge is 0.0831 e. The topological polar surface area (TPSA) is 21.3 Å². The van der Waals surface area contributed by atoms with Gasteiger partial charge in [-0.2, -0.15) is 0 Å². The molecular formula is C14H27NO. The highest BCUT2D eigenvalue weighted by Crippen LogP contribution is 2.42. The molecule has 1 atom stereocenters. The highest BCUT2D eigenvalue weighted by molar-refractivity contribution is 4.98. The van der Waals surface area contributed by atoms with Crippen LogP contribution in [-0.2, 0) is 4.74 Å². The first-order valence-corrected chi connectivity index (χ1v) is 6.92. The van der Waals surface area contributed by atoms with Crippen molar-refractivity contribution in [3.63, 3.8) is 0 Å². The van der Waals surface area contributed by atoms with Crippen LogP contribution >= 0.6 is 0 Å². The fourth-order valence-corrected chi connectivity index (χ4v) is 3.23. The van der Waals surface area contributed by atoms with Crippen LogP contribution < -0.4 is 5.32 Å². The molecule has 2 fully saturated rings. The zero-order valence-electron chi connectivity index (χ0n) is 11.1. The molecule has 16 heavy (non-hydrogen) atoms. The van der Waals surface area contributed by atoms with E-state index in [1.54, 1.807) is 0 Å². The van der Waals surface area contributed by atoms with Crippen LogP contribution in [0.2, 0.25) is 0 Å². The van der Waals surface area contributed by atoms with Gasteiger partial charge < -0.3 is 10.1 Å². The number of hydrogen-bond donors (Lipinski definition) is 1. The summed E-state index contributed by atoms with van der Waals surface area (Å²) in [5.41, 5.74) is 0.129. The van der Waals surface area contributed by atoms with Crippen molar-refractivity contribution < 1.29 is 4.74 Å². The van der Waals surface area contributed by atoms with E-state index in [0.29, 0.717) is 6.04 Å². The Labute approximate surface area is 100 Å². The van der Waals surface area contributed by atoms with Crippen LogP contribution in [0.3, 0.4) is 0 Å². The predicted molar refractivity (Wildman–Crippen MR) is 67.6 cm³/mol. The number of ether oxygens (including phenoxy) is 1. The van der Waals surface area contributed by atoms with Crippen molar-refractivity contribution in [2.75, 3.05) is 14.2 Å². The molecule has 1 N–H and O–H groups in total. The summed E-state index contributed by atoms with van der Waals surface area (Å²) in [5, 5.41) is 3.52. The van der Waals surface area contributed by atoms with Gasteiger partial charge in [-0.25, -0.2) is 0 Å². The molecule has 0 aliphatic heterocycles. The molecule has 2 heteroatoms. The van der Waals surface area contributed by atoms with Gasteiger partial charge >= 0.3 is 0 Å². The van der Waals surface area contributed by atoms with Crippen LogP contribution in [0.25, 0.3) is 0 Å². The van der Waals surface area contributed by atoms with E-state index in [1.807, 2.05) is 7.11 Å². The average Bonchev–Trinajstić information content (AvgIpc) is 3.12. The molecule has 2 saturated carbocycles. The van der Waals surface area contributed by atoms with Crippen molar-refractivity contribution in [1.82, 2.24) is 5.32 Å². The summed E-state index contributed by atoms with van der Waals surface area (Å²) >= 11 is 0. The van der Waals surface area contributed by atoms with Crippen molar-refractivity contribution in [2.45, 2.75) is 63.5 Å². The molecule has 0 aromatic heterocycles. The van der Waals surface area contributed by atoms with E-state index in [9.17, 15) is 0 Å². The van der Waals surface area contributed by atoms with Gasteiger partial charge in [0.1, 0.15) is 0 Å². The standard InChI is InChI=1S/C14H27NO/c1-11-6-8-14(16-3,9-7-11)13(15-2)10-12-4-5-12/h11-13,15H,4-10H2,1-3H3. The lowest BCUT2D eigenvalue weighted by Gasteiger charge is -2.44. The van der Waals surface area contributed by atoms with E-state index in [2.05, 4.69) is 19.3 Å². The zero-order chi connectivity index (χ0) is 11.6. The van der Waals surface area contributed by atoms with Gasteiger partial charge in [-0.15, -0.1) is 0 Å². The molecule has 0 saturated heterocycles. The first-order chi connectivity index (χ1) is 7.70. The third kappa shape index (κ3) is 2.60. The van der Waals surface area contributed by atoms with Gasteiger partial charge in [-0.3, -0.25) is 0 Å². The highest BCUT2D eigenvalue weighted by atomic mass is 16.5. The minimum Gasteiger partial charge on any atom is -0.377 e. The van der Waals surface area contributed by atoms with Crippen LogP contribution in [0, 0.1) is 11.8 Å². The normalized spacial score (nSPS) is 37.3. The molecule has 94 valence electrons. The molecule has 2 rings (SSSR count). The van der Waals surface area contributed by atoms with Crippen LogP contribution in [0.4, 0.5) is 0 Å². The summed E-state index contributed by atoms with van der Waals surface area (Å²) in [7, 11) is 4.01. The Morgan fingerprint density at radius 1 is 1.25 bits per heavy atom. The number of likely N-dealkylation sites (N-methyl/N-ethyl adjacent to an activating group) is 1. The molecule has 0 heterocycles. The number of nitrogens with one attached hydrogen (secondary N) is 1. The summed E-state index contributed by atoms with van der Waals surface area (Å²) in [6.07, 6.45) is 9.33. The summed E-state index contributed by atoms with van der Waals surface area (Å²) in [4.78, 5) is 0. The fourth-order valence-electron chi connectivity index (χ4n) is 3.23. The van der Waals surface area contributed by atoms with E-state index >= 15 is 0 Å². The lowest BCUT2D eigenvalue weighted by atomic mass is 9.74. The average molecular weight is 225 g/mol. The predicted octanol–water partition coefficient (Wildman–Crippen LogP) is 2.97. The van der Waals surface area contributed by atoms with Gasteiger partial charge in [-0.1, -0.05) is 19.8 Å². The molecule has 2 aliphatic rings. The van der Waals surface area contributed by atoms with Gasteiger partial charge in [-0.05, 0) is 51.0 Å². The molecule has 2 aliphatic carbocycles. The zero-order valence-corrected chi connectivity index (χ0v) is 11.1.